The zero-order valence-corrected chi connectivity index (χ0v) is 11.3. The molecule has 0 bridgehead atoms. The second-order valence-electron chi connectivity index (χ2n) is 5.06. The molecule has 5 heteroatoms. The average molecular weight is 272 g/mol. The standard InChI is InChI=1S/C15H16N2O3/c1-10-16-14(17-20-10)11-6-8-13(9-7-11)19-15(18)12-4-2-3-5-12/h6-9,12H,2-5H2,1H3. The Balaban J connectivity index is 1.68. The predicted octanol–water partition coefficient (Wildman–Crippen LogP) is 3.14. The summed E-state index contributed by atoms with van der Waals surface area (Å²) in [7, 11) is 0. The second-order valence-corrected chi connectivity index (χ2v) is 5.06. The average Bonchev–Trinajstić information content (AvgIpc) is 3.10. The van der Waals surface area contributed by atoms with Crippen LogP contribution in [0, 0.1) is 12.8 Å². The molecule has 104 valence electrons. The summed E-state index contributed by atoms with van der Waals surface area (Å²) in [5, 5.41) is 3.85. The predicted molar refractivity (Wildman–Crippen MR) is 72.1 cm³/mol. The lowest BCUT2D eigenvalue weighted by molar-refractivity contribution is -0.138. The summed E-state index contributed by atoms with van der Waals surface area (Å²) in [6.45, 7) is 1.74. The maximum atomic E-state index is 11.9. The van der Waals surface area contributed by atoms with Crippen molar-refractivity contribution in [3.63, 3.8) is 0 Å². The molecule has 0 amide bonds. The molecule has 3 rings (SSSR count). The van der Waals surface area contributed by atoms with Gasteiger partial charge in [-0.25, -0.2) is 0 Å². The maximum absolute atomic E-state index is 11.9. The third-order valence-electron chi connectivity index (χ3n) is 3.55. The summed E-state index contributed by atoms with van der Waals surface area (Å²) in [5.41, 5.74) is 0.836. The van der Waals surface area contributed by atoms with E-state index in [9.17, 15) is 4.79 Å². The Hall–Kier alpha value is -2.17. The van der Waals surface area contributed by atoms with E-state index in [1.54, 1.807) is 19.1 Å². The van der Waals surface area contributed by atoms with E-state index in [0.717, 1.165) is 31.2 Å². The van der Waals surface area contributed by atoms with E-state index in [-0.39, 0.29) is 11.9 Å². The van der Waals surface area contributed by atoms with Gasteiger partial charge in [0.1, 0.15) is 5.75 Å². The summed E-state index contributed by atoms with van der Waals surface area (Å²) in [4.78, 5) is 16.1. The van der Waals surface area contributed by atoms with Gasteiger partial charge < -0.3 is 9.26 Å². The lowest BCUT2D eigenvalue weighted by atomic mass is 10.1. The minimum atomic E-state index is -0.120. The molecule has 20 heavy (non-hydrogen) atoms. The van der Waals surface area contributed by atoms with Crippen LogP contribution in [-0.2, 0) is 4.79 Å². The van der Waals surface area contributed by atoms with Crippen LogP contribution in [0.4, 0.5) is 0 Å². The fourth-order valence-electron chi connectivity index (χ4n) is 2.45. The molecule has 0 spiro atoms. The molecule has 1 saturated carbocycles. The highest BCUT2D eigenvalue weighted by Gasteiger charge is 2.24. The quantitative estimate of drug-likeness (QED) is 0.634. The molecule has 2 aromatic rings. The number of hydrogen-bond donors (Lipinski definition) is 0. The first-order chi connectivity index (χ1) is 9.72. The molecule has 1 fully saturated rings. The van der Waals surface area contributed by atoms with Gasteiger partial charge in [0.2, 0.25) is 11.7 Å². The van der Waals surface area contributed by atoms with Crippen molar-refractivity contribution in [3.8, 4) is 17.1 Å². The molecule has 1 heterocycles. The van der Waals surface area contributed by atoms with Crippen LogP contribution in [0.25, 0.3) is 11.4 Å². The van der Waals surface area contributed by atoms with E-state index in [1.165, 1.54) is 0 Å². The van der Waals surface area contributed by atoms with E-state index in [4.69, 9.17) is 9.26 Å². The van der Waals surface area contributed by atoms with E-state index >= 15 is 0 Å². The number of esters is 1. The Morgan fingerprint density at radius 2 is 1.95 bits per heavy atom. The summed E-state index contributed by atoms with van der Waals surface area (Å²) >= 11 is 0. The summed E-state index contributed by atoms with van der Waals surface area (Å²) in [5.74, 6) is 1.57. The van der Waals surface area contributed by atoms with Gasteiger partial charge in [0.25, 0.3) is 0 Å². The van der Waals surface area contributed by atoms with Crippen molar-refractivity contribution >= 4 is 5.97 Å². The number of benzene rings is 1. The Morgan fingerprint density at radius 1 is 1.25 bits per heavy atom. The minimum absolute atomic E-state index is 0.0644. The second kappa shape index (κ2) is 5.45. The third kappa shape index (κ3) is 2.71. The number of ether oxygens (including phenoxy) is 1. The maximum Gasteiger partial charge on any atom is 0.314 e. The molecule has 0 aliphatic heterocycles. The Kier molecular flexibility index (Phi) is 3.50. The van der Waals surface area contributed by atoms with Crippen LogP contribution in [0.3, 0.4) is 0 Å². The molecule has 0 N–H and O–H groups in total. The number of carbonyl (C=O) groups excluding carboxylic acids is 1. The van der Waals surface area contributed by atoms with Gasteiger partial charge >= 0.3 is 5.97 Å². The lowest BCUT2D eigenvalue weighted by Gasteiger charge is -2.09. The van der Waals surface area contributed by atoms with Crippen molar-refractivity contribution in [2.24, 2.45) is 5.92 Å². The number of carbonyl (C=O) groups is 1. The molecule has 1 aliphatic rings. The van der Waals surface area contributed by atoms with Gasteiger partial charge in [-0.15, -0.1) is 0 Å². The first-order valence-corrected chi connectivity index (χ1v) is 6.85. The minimum Gasteiger partial charge on any atom is -0.426 e. The number of aryl methyl sites for hydroxylation is 1. The van der Waals surface area contributed by atoms with Gasteiger partial charge in [-0.3, -0.25) is 4.79 Å². The molecule has 0 atom stereocenters. The van der Waals surface area contributed by atoms with Crippen LogP contribution in [-0.4, -0.2) is 16.1 Å². The van der Waals surface area contributed by atoms with Crippen LogP contribution < -0.4 is 4.74 Å². The first kappa shape index (κ1) is 12.8. The van der Waals surface area contributed by atoms with Gasteiger partial charge in [0, 0.05) is 12.5 Å². The van der Waals surface area contributed by atoms with E-state index in [2.05, 4.69) is 10.1 Å². The van der Waals surface area contributed by atoms with Gasteiger partial charge in [0.15, 0.2) is 0 Å². The highest BCUT2D eigenvalue weighted by atomic mass is 16.5. The number of rotatable bonds is 3. The Morgan fingerprint density at radius 3 is 2.55 bits per heavy atom. The fraction of sp³-hybridized carbons (Fsp3) is 0.400. The van der Waals surface area contributed by atoms with Crippen molar-refractivity contribution in [1.82, 2.24) is 10.1 Å². The fourth-order valence-corrected chi connectivity index (χ4v) is 2.45. The van der Waals surface area contributed by atoms with Crippen LogP contribution in [0.2, 0.25) is 0 Å². The molecular weight excluding hydrogens is 256 g/mol. The van der Waals surface area contributed by atoms with Crippen molar-refractivity contribution in [3.05, 3.63) is 30.2 Å². The van der Waals surface area contributed by atoms with Crippen molar-refractivity contribution in [2.45, 2.75) is 32.6 Å². The third-order valence-corrected chi connectivity index (χ3v) is 3.55. The zero-order valence-electron chi connectivity index (χ0n) is 11.3. The van der Waals surface area contributed by atoms with Gasteiger partial charge in [-0.05, 0) is 37.1 Å². The summed E-state index contributed by atoms with van der Waals surface area (Å²) in [6.07, 6.45) is 4.13. The monoisotopic (exact) mass is 272 g/mol. The van der Waals surface area contributed by atoms with E-state index in [1.807, 2.05) is 12.1 Å². The van der Waals surface area contributed by atoms with E-state index in [0.29, 0.717) is 17.5 Å². The van der Waals surface area contributed by atoms with Crippen molar-refractivity contribution < 1.29 is 14.1 Å². The zero-order chi connectivity index (χ0) is 13.9. The molecule has 1 aliphatic carbocycles. The largest absolute Gasteiger partial charge is 0.426 e. The van der Waals surface area contributed by atoms with Crippen LogP contribution in [0.5, 0.6) is 5.75 Å². The molecule has 0 radical (unpaired) electrons. The van der Waals surface area contributed by atoms with Crippen LogP contribution in [0.15, 0.2) is 28.8 Å². The van der Waals surface area contributed by atoms with Gasteiger partial charge in [0.05, 0.1) is 5.92 Å². The topological polar surface area (TPSA) is 65.2 Å². The first-order valence-electron chi connectivity index (χ1n) is 6.85. The molecule has 0 saturated heterocycles. The molecule has 0 unspecified atom stereocenters. The normalized spacial score (nSPS) is 15.4. The lowest BCUT2D eigenvalue weighted by Crippen LogP contribution is -2.17. The molecular formula is C15H16N2O3. The van der Waals surface area contributed by atoms with Crippen molar-refractivity contribution in [2.75, 3.05) is 0 Å². The molecule has 5 nitrogen and oxygen atoms in total. The number of hydrogen-bond acceptors (Lipinski definition) is 5. The Labute approximate surface area is 116 Å². The van der Waals surface area contributed by atoms with Crippen molar-refractivity contribution in [1.29, 1.82) is 0 Å². The van der Waals surface area contributed by atoms with Crippen LogP contribution >= 0.6 is 0 Å². The summed E-state index contributed by atoms with van der Waals surface area (Å²) < 4.78 is 10.3. The van der Waals surface area contributed by atoms with Crippen LogP contribution in [0.1, 0.15) is 31.6 Å². The molecule has 1 aromatic carbocycles. The number of nitrogens with zero attached hydrogens (tertiary/aromatic N) is 2. The number of aromatic nitrogens is 2. The molecule has 1 aromatic heterocycles. The Bertz CT molecular complexity index is 598. The summed E-state index contributed by atoms with van der Waals surface area (Å²) in [6, 6.07) is 7.16. The van der Waals surface area contributed by atoms with E-state index < -0.39 is 0 Å². The van der Waals surface area contributed by atoms with Gasteiger partial charge in [-0.1, -0.05) is 18.0 Å². The van der Waals surface area contributed by atoms with Gasteiger partial charge in [-0.2, -0.15) is 4.98 Å². The highest BCUT2D eigenvalue weighted by Crippen LogP contribution is 2.27. The smallest absolute Gasteiger partial charge is 0.314 e. The SMILES string of the molecule is Cc1nc(-c2ccc(OC(=O)C3CCCC3)cc2)no1. The highest BCUT2D eigenvalue weighted by molar-refractivity contribution is 5.75.